The van der Waals surface area contributed by atoms with E-state index in [-0.39, 0.29) is 5.91 Å². The summed E-state index contributed by atoms with van der Waals surface area (Å²) in [6.07, 6.45) is 1.10. The Hall–Kier alpha value is -1.51. The third-order valence-corrected chi connectivity index (χ3v) is 3.24. The van der Waals surface area contributed by atoms with Crippen molar-refractivity contribution >= 4 is 11.6 Å². The molecular weight excluding hydrogens is 200 g/mol. The van der Waals surface area contributed by atoms with Gasteiger partial charge in [0.25, 0.3) is 5.91 Å². The minimum Gasteiger partial charge on any atom is -0.399 e. The normalized spacial score (nSPS) is 16.4. The highest BCUT2D eigenvalue weighted by molar-refractivity contribution is 5.99. The van der Waals surface area contributed by atoms with Gasteiger partial charge in [-0.1, -0.05) is 26.3 Å². The van der Waals surface area contributed by atoms with Crippen LogP contribution in [0.25, 0.3) is 0 Å². The number of carbonyl (C=O) groups is 1. The number of nitrogen functional groups attached to an aromatic ring is 1. The summed E-state index contributed by atoms with van der Waals surface area (Å²) >= 11 is 0. The molecule has 1 unspecified atom stereocenters. The average Bonchev–Trinajstić information content (AvgIpc) is 2.56. The molecule has 3 nitrogen and oxygen atoms in total. The first kappa shape index (κ1) is 11.0. The lowest BCUT2D eigenvalue weighted by Crippen LogP contribution is -2.28. The molecule has 2 rings (SSSR count). The predicted octanol–water partition coefficient (Wildman–Crippen LogP) is 2.27. The zero-order valence-electron chi connectivity index (χ0n) is 9.86. The maximum absolute atomic E-state index is 12.1. The van der Waals surface area contributed by atoms with E-state index in [0.717, 1.165) is 30.6 Å². The summed E-state index contributed by atoms with van der Waals surface area (Å²) in [5, 5.41) is 0. The molecule has 0 fully saturated rings. The van der Waals surface area contributed by atoms with E-state index in [9.17, 15) is 4.79 Å². The number of carbonyl (C=O) groups excluding carboxylic acids is 1. The van der Waals surface area contributed by atoms with Crippen molar-refractivity contribution in [3.8, 4) is 0 Å². The molecule has 0 aliphatic carbocycles. The van der Waals surface area contributed by atoms with E-state index in [2.05, 4.69) is 13.8 Å². The molecule has 1 heterocycles. The van der Waals surface area contributed by atoms with Crippen LogP contribution in [0.4, 0.5) is 5.69 Å². The van der Waals surface area contributed by atoms with Gasteiger partial charge in [0.15, 0.2) is 0 Å². The molecule has 0 aromatic heterocycles. The second-order valence-corrected chi connectivity index (χ2v) is 4.62. The summed E-state index contributed by atoms with van der Waals surface area (Å²) in [6.45, 7) is 5.89. The minimum absolute atomic E-state index is 0.127. The topological polar surface area (TPSA) is 46.3 Å². The third kappa shape index (κ3) is 1.90. The number of fused-ring (bicyclic) bond motifs is 1. The summed E-state index contributed by atoms with van der Waals surface area (Å²) in [7, 11) is 0. The van der Waals surface area contributed by atoms with Crippen molar-refractivity contribution in [2.24, 2.45) is 5.92 Å². The Morgan fingerprint density at radius 1 is 1.50 bits per heavy atom. The Labute approximate surface area is 96.2 Å². The van der Waals surface area contributed by atoms with E-state index < -0.39 is 0 Å². The van der Waals surface area contributed by atoms with Crippen molar-refractivity contribution < 1.29 is 4.79 Å². The fraction of sp³-hybridized carbons (Fsp3) is 0.462. The highest BCUT2D eigenvalue weighted by Gasteiger charge is 2.27. The molecular formula is C13H18N2O. The molecule has 0 saturated carbocycles. The van der Waals surface area contributed by atoms with Crippen molar-refractivity contribution in [2.75, 3.05) is 12.3 Å². The molecule has 1 atom stereocenters. The molecule has 1 aliphatic heterocycles. The summed E-state index contributed by atoms with van der Waals surface area (Å²) in [6, 6.07) is 5.60. The van der Waals surface area contributed by atoms with E-state index in [1.165, 1.54) is 0 Å². The fourth-order valence-corrected chi connectivity index (χ4v) is 2.03. The smallest absolute Gasteiger partial charge is 0.254 e. The first-order chi connectivity index (χ1) is 7.61. The van der Waals surface area contributed by atoms with Gasteiger partial charge in [0.05, 0.1) is 0 Å². The lowest BCUT2D eigenvalue weighted by molar-refractivity contribution is 0.0755. The van der Waals surface area contributed by atoms with Crippen LogP contribution in [0.3, 0.4) is 0 Å². The first-order valence-electron chi connectivity index (χ1n) is 5.79. The summed E-state index contributed by atoms with van der Waals surface area (Å²) in [4.78, 5) is 14.0. The lowest BCUT2D eigenvalue weighted by Gasteiger charge is -2.19. The largest absolute Gasteiger partial charge is 0.399 e. The van der Waals surface area contributed by atoms with Gasteiger partial charge in [-0.2, -0.15) is 0 Å². The van der Waals surface area contributed by atoms with E-state index >= 15 is 0 Å². The van der Waals surface area contributed by atoms with Gasteiger partial charge in [-0.15, -0.1) is 0 Å². The van der Waals surface area contributed by atoms with Gasteiger partial charge >= 0.3 is 0 Å². The second kappa shape index (κ2) is 4.16. The maximum Gasteiger partial charge on any atom is 0.254 e. The summed E-state index contributed by atoms with van der Waals surface area (Å²) in [5.74, 6) is 0.679. The maximum atomic E-state index is 12.1. The first-order valence-corrected chi connectivity index (χ1v) is 5.79. The number of nitrogens with zero attached hydrogens (tertiary/aromatic N) is 1. The van der Waals surface area contributed by atoms with Crippen molar-refractivity contribution in [2.45, 2.75) is 26.8 Å². The van der Waals surface area contributed by atoms with Gasteiger partial charge < -0.3 is 10.6 Å². The minimum atomic E-state index is 0.127. The molecule has 0 spiro atoms. The second-order valence-electron chi connectivity index (χ2n) is 4.62. The molecule has 0 saturated heterocycles. The predicted molar refractivity (Wildman–Crippen MR) is 65.0 cm³/mol. The molecule has 86 valence electrons. The van der Waals surface area contributed by atoms with Crippen LogP contribution in [-0.2, 0) is 6.54 Å². The number of rotatable bonds is 3. The van der Waals surface area contributed by atoms with E-state index in [1.807, 2.05) is 17.0 Å². The molecule has 1 aromatic carbocycles. The van der Waals surface area contributed by atoms with Crippen LogP contribution in [0.2, 0.25) is 0 Å². The van der Waals surface area contributed by atoms with Crippen molar-refractivity contribution in [1.82, 2.24) is 4.90 Å². The van der Waals surface area contributed by atoms with Gasteiger partial charge in [-0.3, -0.25) is 4.79 Å². The SMILES string of the molecule is CCC(C)CN1Cc2ccc(N)cc2C1=O. The Kier molecular flexibility index (Phi) is 2.86. The van der Waals surface area contributed by atoms with Crippen LogP contribution >= 0.6 is 0 Å². The van der Waals surface area contributed by atoms with Crippen molar-refractivity contribution in [3.05, 3.63) is 29.3 Å². The molecule has 1 aromatic rings. The highest BCUT2D eigenvalue weighted by atomic mass is 16.2. The number of nitrogens with two attached hydrogens (primary N) is 1. The zero-order valence-corrected chi connectivity index (χ0v) is 9.86. The van der Waals surface area contributed by atoms with Crippen LogP contribution in [0.15, 0.2) is 18.2 Å². The average molecular weight is 218 g/mol. The number of benzene rings is 1. The van der Waals surface area contributed by atoms with Gasteiger partial charge in [0, 0.05) is 24.3 Å². The van der Waals surface area contributed by atoms with Crippen molar-refractivity contribution in [3.63, 3.8) is 0 Å². The standard InChI is InChI=1S/C13H18N2O/c1-3-9(2)7-15-8-10-4-5-11(14)6-12(10)13(15)16/h4-6,9H,3,7-8,14H2,1-2H3. The molecule has 0 bridgehead atoms. The number of amides is 1. The summed E-state index contributed by atoms with van der Waals surface area (Å²) in [5.41, 5.74) is 8.24. The van der Waals surface area contributed by atoms with Gasteiger partial charge in [-0.25, -0.2) is 0 Å². The van der Waals surface area contributed by atoms with Gasteiger partial charge in [0.2, 0.25) is 0 Å². The summed E-state index contributed by atoms with van der Waals surface area (Å²) < 4.78 is 0. The van der Waals surface area contributed by atoms with Crippen molar-refractivity contribution in [1.29, 1.82) is 0 Å². The highest BCUT2D eigenvalue weighted by Crippen LogP contribution is 2.25. The van der Waals surface area contributed by atoms with Gasteiger partial charge in [-0.05, 0) is 23.6 Å². The van der Waals surface area contributed by atoms with Crippen LogP contribution in [0, 0.1) is 5.92 Å². The molecule has 16 heavy (non-hydrogen) atoms. The van der Waals surface area contributed by atoms with Crippen LogP contribution in [-0.4, -0.2) is 17.4 Å². The van der Waals surface area contributed by atoms with Crippen LogP contribution < -0.4 is 5.73 Å². The molecule has 3 heteroatoms. The fourth-order valence-electron chi connectivity index (χ4n) is 2.03. The third-order valence-electron chi connectivity index (χ3n) is 3.24. The number of hydrogen-bond acceptors (Lipinski definition) is 2. The molecule has 2 N–H and O–H groups in total. The quantitative estimate of drug-likeness (QED) is 0.791. The Balaban J connectivity index is 2.18. The van der Waals surface area contributed by atoms with E-state index in [4.69, 9.17) is 5.73 Å². The molecule has 1 aliphatic rings. The Morgan fingerprint density at radius 3 is 2.94 bits per heavy atom. The lowest BCUT2D eigenvalue weighted by atomic mass is 10.1. The van der Waals surface area contributed by atoms with Crippen LogP contribution in [0.1, 0.15) is 36.2 Å². The number of hydrogen-bond donors (Lipinski definition) is 1. The van der Waals surface area contributed by atoms with E-state index in [0.29, 0.717) is 11.6 Å². The van der Waals surface area contributed by atoms with Gasteiger partial charge in [0.1, 0.15) is 0 Å². The Morgan fingerprint density at radius 2 is 2.25 bits per heavy atom. The van der Waals surface area contributed by atoms with Crippen LogP contribution in [0.5, 0.6) is 0 Å². The Bertz CT molecular complexity index is 414. The van der Waals surface area contributed by atoms with E-state index in [1.54, 1.807) is 6.07 Å². The zero-order chi connectivity index (χ0) is 11.7. The molecule has 1 amide bonds. The molecule has 0 radical (unpaired) electrons. The number of anilines is 1. The monoisotopic (exact) mass is 218 g/mol.